The first-order valence-corrected chi connectivity index (χ1v) is 7.02. The molecule has 0 aliphatic heterocycles. The molecule has 2 rings (SSSR count). The highest BCUT2D eigenvalue weighted by Gasteiger charge is 2.25. The molecule has 3 heteroatoms. The van der Waals surface area contributed by atoms with Gasteiger partial charge in [0, 0.05) is 12.1 Å². The summed E-state index contributed by atoms with van der Waals surface area (Å²) >= 11 is 0. The molecule has 0 bridgehead atoms. The van der Waals surface area contributed by atoms with Gasteiger partial charge in [-0.3, -0.25) is 0 Å². The maximum absolute atomic E-state index is 5.35. The SMILES string of the molecule is COc1cc(OC)cc(C(C)(C)CCNC2CC2)c1. The summed E-state index contributed by atoms with van der Waals surface area (Å²) < 4.78 is 10.7. The molecule has 0 saturated heterocycles. The van der Waals surface area contributed by atoms with E-state index < -0.39 is 0 Å². The molecule has 0 amide bonds. The quantitative estimate of drug-likeness (QED) is 0.820. The second kappa shape index (κ2) is 5.83. The number of hydrogen-bond donors (Lipinski definition) is 1. The molecule has 1 N–H and O–H groups in total. The second-order valence-corrected chi connectivity index (χ2v) is 5.96. The number of ether oxygens (including phenoxy) is 2. The van der Waals surface area contributed by atoms with Crippen LogP contribution in [0.15, 0.2) is 18.2 Å². The zero-order valence-corrected chi connectivity index (χ0v) is 12.5. The normalized spacial score (nSPS) is 15.4. The molecule has 0 unspecified atom stereocenters. The zero-order chi connectivity index (χ0) is 13.9. The Morgan fingerprint density at radius 1 is 1.11 bits per heavy atom. The summed E-state index contributed by atoms with van der Waals surface area (Å²) in [6.07, 6.45) is 3.79. The number of hydrogen-bond acceptors (Lipinski definition) is 3. The first-order chi connectivity index (χ1) is 9.05. The van der Waals surface area contributed by atoms with E-state index in [1.807, 2.05) is 6.07 Å². The maximum atomic E-state index is 5.35. The summed E-state index contributed by atoms with van der Waals surface area (Å²) in [6.45, 7) is 5.61. The molecular formula is C16H25NO2. The zero-order valence-electron chi connectivity index (χ0n) is 12.5. The van der Waals surface area contributed by atoms with Crippen LogP contribution in [0.2, 0.25) is 0 Å². The van der Waals surface area contributed by atoms with E-state index in [0.29, 0.717) is 0 Å². The Morgan fingerprint density at radius 3 is 2.16 bits per heavy atom. The van der Waals surface area contributed by atoms with Crippen LogP contribution < -0.4 is 14.8 Å². The predicted octanol–water partition coefficient (Wildman–Crippen LogP) is 3.12. The largest absolute Gasteiger partial charge is 0.497 e. The lowest BCUT2D eigenvalue weighted by Gasteiger charge is -2.26. The van der Waals surface area contributed by atoms with Crippen LogP contribution in [0, 0.1) is 0 Å². The van der Waals surface area contributed by atoms with Crippen molar-refractivity contribution in [3.05, 3.63) is 23.8 Å². The van der Waals surface area contributed by atoms with Gasteiger partial charge in [-0.1, -0.05) is 13.8 Å². The molecule has 1 aromatic carbocycles. The fourth-order valence-corrected chi connectivity index (χ4v) is 2.22. The number of nitrogens with one attached hydrogen (secondary N) is 1. The summed E-state index contributed by atoms with van der Waals surface area (Å²) in [4.78, 5) is 0. The Bertz CT molecular complexity index is 403. The van der Waals surface area contributed by atoms with E-state index in [0.717, 1.165) is 30.5 Å². The highest BCUT2D eigenvalue weighted by atomic mass is 16.5. The van der Waals surface area contributed by atoms with Gasteiger partial charge in [0.15, 0.2) is 0 Å². The number of methoxy groups -OCH3 is 2. The smallest absolute Gasteiger partial charge is 0.122 e. The van der Waals surface area contributed by atoms with Crippen molar-refractivity contribution in [3.63, 3.8) is 0 Å². The Morgan fingerprint density at radius 2 is 1.68 bits per heavy atom. The van der Waals surface area contributed by atoms with Crippen LogP contribution in [0.5, 0.6) is 11.5 Å². The van der Waals surface area contributed by atoms with Gasteiger partial charge in [-0.25, -0.2) is 0 Å². The molecule has 1 saturated carbocycles. The molecule has 1 aliphatic carbocycles. The van der Waals surface area contributed by atoms with Gasteiger partial charge in [0.25, 0.3) is 0 Å². The standard InChI is InChI=1S/C16H25NO2/c1-16(2,7-8-17-13-5-6-13)12-9-14(18-3)11-15(10-12)19-4/h9-11,13,17H,5-8H2,1-4H3. The van der Waals surface area contributed by atoms with Crippen molar-refractivity contribution in [2.24, 2.45) is 0 Å². The monoisotopic (exact) mass is 263 g/mol. The molecule has 3 nitrogen and oxygen atoms in total. The molecule has 0 spiro atoms. The minimum Gasteiger partial charge on any atom is -0.497 e. The lowest BCUT2D eigenvalue weighted by atomic mass is 9.81. The summed E-state index contributed by atoms with van der Waals surface area (Å²) in [7, 11) is 3.39. The van der Waals surface area contributed by atoms with E-state index >= 15 is 0 Å². The van der Waals surface area contributed by atoms with Crippen molar-refractivity contribution in [1.82, 2.24) is 5.32 Å². The summed E-state index contributed by atoms with van der Waals surface area (Å²) in [6, 6.07) is 6.91. The van der Waals surface area contributed by atoms with E-state index in [1.54, 1.807) is 14.2 Å². The molecule has 0 atom stereocenters. The van der Waals surface area contributed by atoms with Crippen molar-refractivity contribution < 1.29 is 9.47 Å². The molecule has 0 heterocycles. The van der Waals surface area contributed by atoms with Crippen molar-refractivity contribution in [2.45, 2.75) is 44.6 Å². The van der Waals surface area contributed by atoms with Gasteiger partial charge in [0.05, 0.1) is 14.2 Å². The van der Waals surface area contributed by atoms with Crippen LogP contribution in [0.3, 0.4) is 0 Å². The highest BCUT2D eigenvalue weighted by Crippen LogP contribution is 2.33. The van der Waals surface area contributed by atoms with E-state index in [9.17, 15) is 0 Å². The first-order valence-electron chi connectivity index (χ1n) is 7.02. The minimum atomic E-state index is 0.115. The van der Waals surface area contributed by atoms with Crippen molar-refractivity contribution in [3.8, 4) is 11.5 Å². The van der Waals surface area contributed by atoms with Crippen LogP contribution >= 0.6 is 0 Å². The highest BCUT2D eigenvalue weighted by molar-refractivity contribution is 5.41. The Kier molecular flexibility index (Phi) is 4.35. The van der Waals surface area contributed by atoms with Crippen LogP contribution in [-0.4, -0.2) is 26.8 Å². The molecule has 1 fully saturated rings. The summed E-state index contributed by atoms with van der Waals surface area (Å²) in [5, 5.41) is 3.58. The number of rotatable bonds is 7. The molecule has 106 valence electrons. The molecule has 0 radical (unpaired) electrons. The molecular weight excluding hydrogens is 238 g/mol. The average molecular weight is 263 g/mol. The third-order valence-corrected chi connectivity index (χ3v) is 3.89. The fraction of sp³-hybridized carbons (Fsp3) is 0.625. The van der Waals surface area contributed by atoms with E-state index in [2.05, 4.69) is 31.3 Å². The van der Waals surface area contributed by atoms with Gasteiger partial charge in [-0.15, -0.1) is 0 Å². The lowest BCUT2D eigenvalue weighted by molar-refractivity contribution is 0.387. The molecule has 1 aromatic rings. The minimum absolute atomic E-state index is 0.115. The van der Waals surface area contributed by atoms with Gasteiger partial charge in [0.2, 0.25) is 0 Å². The van der Waals surface area contributed by atoms with E-state index in [-0.39, 0.29) is 5.41 Å². The predicted molar refractivity (Wildman–Crippen MR) is 78.2 cm³/mol. The van der Waals surface area contributed by atoms with Gasteiger partial charge in [-0.05, 0) is 48.9 Å². The molecule has 0 aromatic heterocycles. The fourth-order valence-electron chi connectivity index (χ4n) is 2.22. The second-order valence-electron chi connectivity index (χ2n) is 5.96. The van der Waals surface area contributed by atoms with Crippen molar-refractivity contribution >= 4 is 0 Å². The van der Waals surface area contributed by atoms with Crippen LogP contribution in [0.25, 0.3) is 0 Å². The van der Waals surface area contributed by atoms with Crippen molar-refractivity contribution in [1.29, 1.82) is 0 Å². The van der Waals surface area contributed by atoms with Gasteiger partial charge >= 0.3 is 0 Å². The Balaban J connectivity index is 2.07. The molecule has 19 heavy (non-hydrogen) atoms. The van der Waals surface area contributed by atoms with Crippen LogP contribution in [-0.2, 0) is 5.41 Å². The van der Waals surface area contributed by atoms with E-state index in [4.69, 9.17) is 9.47 Å². The topological polar surface area (TPSA) is 30.5 Å². The van der Waals surface area contributed by atoms with Crippen molar-refractivity contribution in [2.75, 3.05) is 20.8 Å². The van der Waals surface area contributed by atoms with Gasteiger partial charge in [-0.2, -0.15) is 0 Å². The lowest BCUT2D eigenvalue weighted by Crippen LogP contribution is -2.26. The first kappa shape index (κ1) is 14.2. The number of benzene rings is 1. The van der Waals surface area contributed by atoms with E-state index in [1.165, 1.54) is 18.4 Å². The Labute approximate surface area is 116 Å². The van der Waals surface area contributed by atoms with Crippen LogP contribution in [0.1, 0.15) is 38.7 Å². The molecule has 1 aliphatic rings. The van der Waals surface area contributed by atoms with Gasteiger partial charge in [0.1, 0.15) is 11.5 Å². The third kappa shape index (κ3) is 3.87. The summed E-state index contributed by atoms with van der Waals surface area (Å²) in [5.74, 6) is 1.72. The summed E-state index contributed by atoms with van der Waals surface area (Å²) in [5.41, 5.74) is 1.38. The average Bonchev–Trinajstić information content (AvgIpc) is 3.22. The third-order valence-electron chi connectivity index (χ3n) is 3.89. The van der Waals surface area contributed by atoms with Gasteiger partial charge < -0.3 is 14.8 Å². The van der Waals surface area contributed by atoms with Crippen LogP contribution in [0.4, 0.5) is 0 Å². The maximum Gasteiger partial charge on any atom is 0.122 e. The Hall–Kier alpha value is -1.22.